The normalized spacial score (nSPS) is 18.0. The number of nitrogens with two attached hydrogens (primary N) is 1. The van der Waals surface area contributed by atoms with Crippen molar-refractivity contribution in [3.63, 3.8) is 0 Å². The highest BCUT2D eigenvalue weighted by atomic mass is 35.5. The van der Waals surface area contributed by atoms with Crippen LogP contribution in [0, 0.1) is 5.41 Å². The minimum atomic E-state index is -0.342. The maximum absolute atomic E-state index is 12.5. The van der Waals surface area contributed by atoms with Gasteiger partial charge in [0.2, 0.25) is 5.91 Å². The van der Waals surface area contributed by atoms with E-state index in [1.807, 2.05) is 24.3 Å². The molecule has 2 rings (SSSR count). The molecule has 0 spiro atoms. The van der Waals surface area contributed by atoms with Crippen molar-refractivity contribution < 1.29 is 4.79 Å². The molecule has 116 valence electrons. The quantitative estimate of drug-likeness (QED) is 0.820. The third-order valence-corrected chi connectivity index (χ3v) is 4.76. The van der Waals surface area contributed by atoms with Crippen LogP contribution in [0.4, 0.5) is 0 Å². The third-order valence-electron chi connectivity index (χ3n) is 4.52. The second-order valence-corrected chi connectivity index (χ2v) is 6.47. The lowest BCUT2D eigenvalue weighted by Gasteiger charge is -2.29. The molecule has 3 N–H and O–H groups in total. The fourth-order valence-electron chi connectivity index (χ4n) is 3.13. The first kappa shape index (κ1) is 16.3. The summed E-state index contributed by atoms with van der Waals surface area (Å²) in [5.74, 6) is 0.133. The van der Waals surface area contributed by atoms with E-state index in [1.54, 1.807) is 0 Å². The summed E-state index contributed by atoms with van der Waals surface area (Å²) in [6.45, 7) is 1.09. The average Bonchev–Trinajstić information content (AvgIpc) is 2.73. The number of hydrogen-bond acceptors (Lipinski definition) is 2. The van der Waals surface area contributed by atoms with Crippen molar-refractivity contribution in [3.8, 4) is 0 Å². The van der Waals surface area contributed by atoms with Crippen LogP contribution in [0.3, 0.4) is 0 Å². The number of rotatable bonds is 5. The van der Waals surface area contributed by atoms with E-state index in [-0.39, 0.29) is 11.3 Å². The van der Waals surface area contributed by atoms with Crippen LogP contribution in [0.1, 0.15) is 44.1 Å². The van der Waals surface area contributed by atoms with Crippen molar-refractivity contribution in [1.82, 2.24) is 5.32 Å². The van der Waals surface area contributed by atoms with Crippen molar-refractivity contribution in [2.45, 2.75) is 44.9 Å². The van der Waals surface area contributed by atoms with Crippen LogP contribution in [0.5, 0.6) is 0 Å². The number of carbonyl (C=O) groups excluding carboxylic acids is 1. The Morgan fingerprint density at radius 2 is 1.95 bits per heavy atom. The van der Waals surface area contributed by atoms with E-state index in [2.05, 4.69) is 5.32 Å². The largest absolute Gasteiger partial charge is 0.355 e. The highest BCUT2D eigenvalue weighted by Gasteiger charge is 2.36. The van der Waals surface area contributed by atoms with Gasteiger partial charge in [0.15, 0.2) is 0 Å². The lowest BCUT2D eigenvalue weighted by atomic mass is 9.79. The van der Waals surface area contributed by atoms with Crippen LogP contribution >= 0.6 is 11.6 Å². The fourth-order valence-corrected chi connectivity index (χ4v) is 3.34. The van der Waals surface area contributed by atoms with Crippen LogP contribution in [-0.4, -0.2) is 19.0 Å². The molecule has 0 bridgehead atoms. The van der Waals surface area contributed by atoms with Crippen LogP contribution in [0.2, 0.25) is 5.02 Å². The lowest BCUT2D eigenvalue weighted by Crippen LogP contribution is -2.46. The van der Waals surface area contributed by atoms with Crippen molar-refractivity contribution in [2.75, 3.05) is 13.1 Å². The first-order chi connectivity index (χ1) is 10.2. The first-order valence-electron chi connectivity index (χ1n) is 7.89. The molecule has 0 aromatic heterocycles. The van der Waals surface area contributed by atoms with Gasteiger partial charge in [0.25, 0.3) is 0 Å². The third kappa shape index (κ3) is 4.45. The Balaban J connectivity index is 1.87. The van der Waals surface area contributed by atoms with Gasteiger partial charge in [-0.1, -0.05) is 49.4 Å². The highest BCUT2D eigenvalue weighted by Crippen LogP contribution is 2.34. The summed E-state index contributed by atoms with van der Waals surface area (Å²) in [7, 11) is 0. The molecule has 1 aliphatic rings. The molecule has 0 radical (unpaired) electrons. The second-order valence-electron chi connectivity index (χ2n) is 6.03. The van der Waals surface area contributed by atoms with Crippen molar-refractivity contribution in [3.05, 3.63) is 34.9 Å². The van der Waals surface area contributed by atoms with E-state index in [9.17, 15) is 4.79 Å². The van der Waals surface area contributed by atoms with Gasteiger partial charge in [-0.05, 0) is 37.0 Å². The standard InChI is InChI=1S/C17H25ClN2O/c18-15-7-5-6-14(12-15)8-11-20-16(21)17(13-19)9-3-1-2-4-10-17/h5-7,12H,1-4,8-11,13,19H2,(H,20,21). The van der Waals surface area contributed by atoms with Crippen LogP contribution in [0.15, 0.2) is 24.3 Å². The van der Waals surface area contributed by atoms with E-state index in [0.717, 1.165) is 42.7 Å². The van der Waals surface area contributed by atoms with Gasteiger partial charge in [0.05, 0.1) is 5.41 Å². The van der Waals surface area contributed by atoms with E-state index in [4.69, 9.17) is 17.3 Å². The molecular weight excluding hydrogens is 284 g/mol. The van der Waals surface area contributed by atoms with E-state index >= 15 is 0 Å². The number of nitrogens with one attached hydrogen (secondary N) is 1. The molecule has 0 aliphatic heterocycles. The minimum Gasteiger partial charge on any atom is -0.355 e. The summed E-state index contributed by atoms with van der Waals surface area (Å²) in [6, 6.07) is 7.77. The van der Waals surface area contributed by atoms with Gasteiger partial charge in [0.1, 0.15) is 0 Å². The van der Waals surface area contributed by atoms with Crippen molar-refractivity contribution >= 4 is 17.5 Å². The minimum absolute atomic E-state index is 0.133. The molecule has 1 amide bonds. The number of halogens is 1. The summed E-state index contributed by atoms with van der Waals surface area (Å²) < 4.78 is 0. The van der Waals surface area contributed by atoms with Gasteiger partial charge in [0, 0.05) is 18.1 Å². The molecule has 0 atom stereocenters. The molecule has 21 heavy (non-hydrogen) atoms. The molecule has 1 aliphatic carbocycles. The molecule has 1 aromatic carbocycles. The zero-order chi connectivity index (χ0) is 15.1. The molecular formula is C17H25ClN2O. The molecule has 0 heterocycles. The average molecular weight is 309 g/mol. The SMILES string of the molecule is NCC1(C(=O)NCCc2cccc(Cl)c2)CCCCCC1. The van der Waals surface area contributed by atoms with Gasteiger partial charge >= 0.3 is 0 Å². The number of carbonyl (C=O) groups is 1. The predicted molar refractivity (Wildman–Crippen MR) is 87.4 cm³/mol. The van der Waals surface area contributed by atoms with E-state index in [0.29, 0.717) is 13.1 Å². The van der Waals surface area contributed by atoms with Crippen molar-refractivity contribution in [2.24, 2.45) is 11.1 Å². The molecule has 0 saturated heterocycles. The molecule has 1 aromatic rings. The van der Waals surface area contributed by atoms with Gasteiger partial charge in [-0.25, -0.2) is 0 Å². The molecule has 0 unspecified atom stereocenters. The van der Waals surface area contributed by atoms with E-state index < -0.39 is 0 Å². The number of hydrogen-bond donors (Lipinski definition) is 2. The van der Waals surface area contributed by atoms with Crippen LogP contribution in [0.25, 0.3) is 0 Å². The Hall–Kier alpha value is -1.06. The Bertz CT molecular complexity index is 468. The monoisotopic (exact) mass is 308 g/mol. The second kappa shape index (κ2) is 7.81. The first-order valence-corrected chi connectivity index (χ1v) is 8.27. The zero-order valence-electron chi connectivity index (χ0n) is 12.5. The maximum Gasteiger partial charge on any atom is 0.227 e. The van der Waals surface area contributed by atoms with Gasteiger partial charge < -0.3 is 11.1 Å². The van der Waals surface area contributed by atoms with Crippen LogP contribution < -0.4 is 11.1 Å². The Morgan fingerprint density at radius 3 is 2.57 bits per heavy atom. The highest BCUT2D eigenvalue weighted by molar-refractivity contribution is 6.30. The molecule has 3 nitrogen and oxygen atoms in total. The Labute approximate surface area is 132 Å². The van der Waals surface area contributed by atoms with Crippen LogP contribution in [-0.2, 0) is 11.2 Å². The summed E-state index contributed by atoms with van der Waals surface area (Å²) in [6.07, 6.45) is 7.30. The summed E-state index contributed by atoms with van der Waals surface area (Å²) in [4.78, 5) is 12.5. The van der Waals surface area contributed by atoms with Gasteiger partial charge in [-0.3, -0.25) is 4.79 Å². The van der Waals surface area contributed by atoms with Gasteiger partial charge in [-0.2, -0.15) is 0 Å². The topological polar surface area (TPSA) is 55.1 Å². The predicted octanol–water partition coefficient (Wildman–Crippen LogP) is 3.30. The zero-order valence-corrected chi connectivity index (χ0v) is 13.3. The summed E-state index contributed by atoms with van der Waals surface area (Å²) >= 11 is 5.97. The maximum atomic E-state index is 12.5. The van der Waals surface area contributed by atoms with Gasteiger partial charge in [-0.15, -0.1) is 0 Å². The van der Waals surface area contributed by atoms with E-state index in [1.165, 1.54) is 12.8 Å². The summed E-state index contributed by atoms with van der Waals surface area (Å²) in [5, 5.41) is 3.81. The molecule has 1 saturated carbocycles. The fraction of sp³-hybridized carbons (Fsp3) is 0.588. The molecule has 4 heteroatoms. The van der Waals surface area contributed by atoms with Crippen molar-refractivity contribution in [1.29, 1.82) is 0 Å². The summed E-state index contributed by atoms with van der Waals surface area (Å²) in [5.41, 5.74) is 6.73. The molecule has 1 fully saturated rings. The smallest absolute Gasteiger partial charge is 0.227 e. The Morgan fingerprint density at radius 1 is 1.24 bits per heavy atom. The Kier molecular flexibility index (Phi) is 6.07. The number of amides is 1. The lowest BCUT2D eigenvalue weighted by molar-refractivity contribution is -0.131. The number of benzene rings is 1.